The Morgan fingerprint density at radius 3 is 2.58 bits per heavy atom. The maximum Gasteiger partial charge on any atom is 0.308 e. The average Bonchev–Trinajstić information content (AvgIpc) is 3.13. The van der Waals surface area contributed by atoms with Crippen LogP contribution in [0.2, 0.25) is 0 Å². The van der Waals surface area contributed by atoms with Gasteiger partial charge in [-0.3, -0.25) is 14.4 Å². The molecule has 8 nitrogen and oxygen atoms in total. The van der Waals surface area contributed by atoms with E-state index in [4.69, 9.17) is 5.11 Å². The molecule has 10 heteroatoms. The molecule has 26 heavy (non-hydrogen) atoms. The largest absolute Gasteiger partial charge is 0.481 e. The Bertz CT molecular complexity index is 839. The van der Waals surface area contributed by atoms with Crippen LogP contribution in [0, 0.1) is 11.7 Å². The topological polar surface area (TPSA) is 112 Å². The second kappa shape index (κ2) is 7.56. The molecule has 1 fully saturated rings. The summed E-state index contributed by atoms with van der Waals surface area (Å²) in [5.74, 6) is -2.95. The third-order valence-corrected chi connectivity index (χ3v) is 4.87. The van der Waals surface area contributed by atoms with Gasteiger partial charge in [-0.1, -0.05) is 11.3 Å². The zero-order valence-corrected chi connectivity index (χ0v) is 14.3. The number of carbonyl (C=O) groups is 3. The molecule has 1 aromatic heterocycles. The van der Waals surface area contributed by atoms with Crippen molar-refractivity contribution < 1.29 is 23.9 Å². The molecule has 0 bridgehead atoms. The monoisotopic (exact) mass is 378 g/mol. The van der Waals surface area contributed by atoms with Crippen LogP contribution >= 0.6 is 11.3 Å². The number of benzene rings is 1. The third-order valence-electron chi connectivity index (χ3n) is 3.96. The van der Waals surface area contributed by atoms with Crippen LogP contribution in [0.3, 0.4) is 0 Å². The minimum absolute atomic E-state index is 0.00975. The van der Waals surface area contributed by atoms with Crippen molar-refractivity contribution in [3.63, 3.8) is 0 Å². The zero-order valence-electron chi connectivity index (χ0n) is 13.5. The summed E-state index contributed by atoms with van der Waals surface area (Å²) in [6.07, 6.45) is 1.12. The van der Waals surface area contributed by atoms with Crippen LogP contribution in [0.1, 0.15) is 32.4 Å². The fourth-order valence-electron chi connectivity index (χ4n) is 2.62. The number of carboxylic acid groups (broad SMARTS) is 1. The summed E-state index contributed by atoms with van der Waals surface area (Å²) in [6.45, 7) is 0.560. The van der Waals surface area contributed by atoms with Crippen LogP contribution in [0.15, 0.2) is 24.3 Å². The first-order chi connectivity index (χ1) is 12.4. The van der Waals surface area contributed by atoms with Crippen LogP contribution in [0.5, 0.6) is 0 Å². The van der Waals surface area contributed by atoms with Crippen LogP contribution in [0.4, 0.5) is 10.1 Å². The van der Waals surface area contributed by atoms with E-state index in [1.165, 1.54) is 29.2 Å². The van der Waals surface area contributed by atoms with Crippen molar-refractivity contribution >= 4 is 34.8 Å². The minimum Gasteiger partial charge on any atom is -0.481 e. The Labute approximate surface area is 151 Å². The lowest BCUT2D eigenvalue weighted by atomic mass is 9.98. The smallest absolute Gasteiger partial charge is 0.308 e. The summed E-state index contributed by atoms with van der Waals surface area (Å²) >= 11 is 0.828. The van der Waals surface area contributed by atoms with Crippen molar-refractivity contribution in [1.29, 1.82) is 0 Å². The van der Waals surface area contributed by atoms with Crippen molar-refractivity contribution in [3.8, 4) is 0 Å². The summed E-state index contributed by atoms with van der Waals surface area (Å²) in [5, 5.41) is 19.1. The average molecular weight is 378 g/mol. The second-order valence-corrected chi connectivity index (χ2v) is 6.78. The number of likely N-dealkylation sites (tertiary alicyclic amines) is 1. The SMILES string of the molecule is O=C(Nc1ccc(F)cc1)c1nnc(C(=O)N2CCC[C@@H](C(=O)O)C2)s1. The van der Waals surface area contributed by atoms with Gasteiger partial charge in [0.25, 0.3) is 11.8 Å². The first-order valence-corrected chi connectivity index (χ1v) is 8.68. The number of nitrogens with one attached hydrogen (secondary N) is 1. The quantitative estimate of drug-likeness (QED) is 0.840. The third kappa shape index (κ3) is 4.02. The number of rotatable bonds is 4. The molecule has 2 amide bonds. The molecular weight excluding hydrogens is 363 g/mol. The number of hydrogen-bond donors (Lipinski definition) is 2. The van der Waals surface area contributed by atoms with Crippen molar-refractivity contribution in [1.82, 2.24) is 15.1 Å². The van der Waals surface area contributed by atoms with Gasteiger partial charge in [0.1, 0.15) is 5.82 Å². The van der Waals surface area contributed by atoms with E-state index in [-0.39, 0.29) is 16.6 Å². The van der Waals surface area contributed by atoms with Crippen LogP contribution in [-0.4, -0.2) is 51.1 Å². The van der Waals surface area contributed by atoms with Gasteiger partial charge in [0, 0.05) is 18.8 Å². The molecule has 1 atom stereocenters. The van der Waals surface area contributed by atoms with E-state index < -0.39 is 29.5 Å². The van der Waals surface area contributed by atoms with Gasteiger partial charge >= 0.3 is 5.97 Å². The number of anilines is 1. The van der Waals surface area contributed by atoms with Gasteiger partial charge in [-0.05, 0) is 37.1 Å². The maximum absolute atomic E-state index is 12.9. The molecule has 1 saturated heterocycles. The number of amides is 2. The van der Waals surface area contributed by atoms with Crippen LogP contribution in [-0.2, 0) is 4.79 Å². The van der Waals surface area contributed by atoms with Gasteiger partial charge in [-0.15, -0.1) is 10.2 Å². The molecule has 1 aromatic carbocycles. The summed E-state index contributed by atoms with van der Waals surface area (Å²) in [7, 11) is 0. The van der Waals surface area contributed by atoms with Crippen LogP contribution < -0.4 is 5.32 Å². The molecule has 136 valence electrons. The van der Waals surface area contributed by atoms with E-state index in [9.17, 15) is 18.8 Å². The molecule has 0 aliphatic carbocycles. The van der Waals surface area contributed by atoms with E-state index >= 15 is 0 Å². The molecular formula is C16H15FN4O4S. The number of nitrogens with zero attached hydrogens (tertiary/aromatic N) is 3. The fourth-order valence-corrected chi connectivity index (χ4v) is 3.32. The lowest BCUT2D eigenvalue weighted by molar-refractivity contribution is -0.143. The highest BCUT2D eigenvalue weighted by Crippen LogP contribution is 2.21. The van der Waals surface area contributed by atoms with Crippen molar-refractivity contribution in [2.24, 2.45) is 5.92 Å². The predicted molar refractivity (Wildman–Crippen MR) is 90.5 cm³/mol. The Balaban J connectivity index is 1.66. The van der Waals surface area contributed by atoms with Crippen LogP contribution in [0.25, 0.3) is 0 Å². The molecule has 1 aliphatic heterocycles. The highest BCUT2D eigenvalue weighted by molar-refractivity contribution is 7.15. The molecule has 0 saturated carbocycles. The van der Waals surface area contributed by atoms with E-state index in [0.717, 1.165) is 11.3 Å². The first kappa shape index (κ1) is 17.9. The molecule has 1 aliphatic rings. The van der Waals surface area contributed by atoms with Gasteiger partial charge in [0.15, 0.2) is 0 Å². The van der Waals surface area contributed by atoms with Gasteiger partial charge in [0.05, 0.1) is 5.92 Å². The standard InChI is InChI=1S/C16H15FN4O4S/c17-10-3-5-11(6-4-10)18-12(22)13-19-20-14(26-13)15(23)21-7-1-2-9(8-21)16(24)25/h3-6,9H,1-2,7-8H2,(H,18,22)(H,24,25)/t9-/m1/s1. The van der Waals surface area contributed by atoms with Gasteiger partial charge in [-0.2, -0.15) is 0 Å². The second-order valence-electron chi connectivity index (χ2n) is 5.80. The molecule has 3 rings (SSSR count). The number of aromatic nitrogens is 2. The normalized spacial score (nSPS) is 17.0. The van der Waals surface area contributed by atoms with Gasteiger partial charge < -0.3 is 15.3 Å². The fraction of sp³-hybridized carbons (Fsp3) is 0.312. The van der Waals surface area contributed by atoms with Gasteiger partial charge in [0.2, 0.25) is 10.0 Å². The Morgan fingerprint density at radius 1 is 1.19 bits per heavy atom. The molecule has 2 heterocycles. The molecule has 0 radical (unpaired) electrons. The lowest BCUT2D eigenvalue weighted by Gasteiger charge is -2.29. The van der Waals surface area contributed by atoms with E-state index in [1.807, 2.05) is 0 Å². The van der Waals surface area contributed by atoms with Crippen molar-refractivity contribution in [2.45, 2.75) is 12.8 Å². The predicted octanol–water partition coefficient (Wildman–Crippen LogP) is 1.87. The Morgan fingerprint density at radius 2 is 1.88 bits per heavy atom. The molecule has 2 aromatic rings. The van der Waals surface area contributed by atoms with Crippen molar-refractivity contribution in [2.75, 3.05) is 18.4 Å². The Hall–Kier alpha value is -2.88. The first-order valence-electron chi connectivity index (χ1n) is 7.86. The zero-order chi connectivity index (χ0) is 18.7. The molecule has 0 unspecified atom stereocenters. The van der Waals surface area contributed by atoms with E-state index in [2.05, 4.69) is 15.5 Å². The van der Waals surface area contributed by atoms with Gasteiger partial charge in [-0.25, -0.2) is 4.39 Å². The lowest BCUT2D eigenvalue weighted by Crippen LogP contribution is -2.42. The maximum atomic E-state index is 12.9. The number of piperidine rings is 1. The number of carbonyl (C=O) groups excluding carboxylic acids is 2. The minimum atomic E-state index is -0.931. The number of hydrogen-bond acceptors (Lipinski definition) is 6. The Kier molecular flexibility index (Phi) is 5.21. The van der Waals surface area contributed by atoms with E-state index in [1.54, 1.807) is 0 Å². The van der Waals surface area contributed by atoms with Crippen molar-refractivity contribution in [3.05, 3.63) is 40.1 Å². The summed E-state index contributed by atoms with van der Waals surface area (Å²) in [6, 6.07) is 5.22. The summed E-state index contributed by atoms with van der Waals surface area (Å²) < 4.78 is 12.9. The number of carboxylic acids is 1. The summed E-state index contributed by atoms with van der Waals surface area (Å²) in [4.78, 5) is 37.1. The summed E-state index contributed by atoms with van der Waals surface area (Å²) in [5.41, 5.74) is 0.389. The highest BCUT2D eigenvalue weighted by atomic mass is 32.1. The highest BCUT2D eigenvalue weighted by Gasteiger charge is 2.30. The number of aliphatic carboxylic acids is 1. The molecule has 2 N–H and O–H groups in total. The van der Waals surface area contributed by atoms with E-state index in [0.29, 0.717) is 25.1 Å². The molecule has 0 spiro atoms. The number of halogens is 1.